The molecule has 0 aliphatic carbocycles. The number of nitrogens with one attached hydrogen (secondary N) is 2. The Kier molecular flexibility index (Phi) is 6.84. The fraction of sp³-hybridized carbons (Fsp3) is 0.360. The van der Waals surface area contributed by atoms with Crippen molar-refractivity contribution in [3.63, 3.8) is 0 Å². The molecule has 2 aliphatic heterocycles. The monoisotopic (exact) mass is 451 g/mol. The zero-order chi connectivity index (χ0) is 23.4. The molecular formula is C25H29N3O5. The molecule has 1 unspecified atom stereocenters. The van der Waals surface area contributed by atoms with Gasteiger partial charge in [0.1, 0.15) is 0 Å². The third-order valence-corrected chi connectivity index (χ3v) is 5.98. The highest BCUT2D eigenvalue weighted by molar-refractivity contribution is 5.95. The van der Waals surface area contributed by atoms with E-state index in [9.17, 15) is 9.59 Å². The number of carbonyl (C=O) groups is 2. The second kappa shape index (κ2) is 9.95. The average Bonchev–Trinajstić information content (AvgIpc) is 2.83. The van der Waals surface area contributed by atoms with Crippen LogP contribution in [-0.4, -0.2) is 50.8 Å². The zero-order valence-corrected chi connectivity index (χ0v) is 19.1. The number of fused-ring (bicyclic) bond motifs is 1. The number of nitrogens with zero attached hydrogens (tertiary/aromatic N) is 1. The van der Waals surface area contributed by atoms with Gasteiger partial charge in [0.15, 0.2) is 11.5 Å². The summed E-state index contributed by atoms with van der Waals surface area (Å²) in [5.41, 5.74) is 4.11. The van der Waals surface area contributed by atoms with Crippen molar-refractivity contribution in [3.05, 3.63) is 70.4 Å². The van der Waals surface area contributed by atoms with Crippen molar-refractivity contribution < 1.29 is 23.8 Å². The lowest BCUT2D eigenvalue weighted by Crippen LogP contribution is -2.49. The summed E-state index contributed by atoms with van der Waals surface area (Å²) < 4.78 is 16.4. The predicted molar refractivity (Wildman–Crippen MR) is 123 cm³/mol. The minimum Gasteiger partial charge on any atom is -0.493 e. The van der Waals surface area contributed by atoms with E-state index in [0.717, 1.165) is 19.5 Å². The van der Waals surface area contributed by atoms with Gasteiger partial charge < -0.3 is 24.8 Å². The first-order valence-corrected chi connectivity index (χ1v) is 11.0. The summed E-state index contributed by atoms with van der Waals surface area (Å²) >= 11 is 0. The molecule has 0 radical (unpaired) electrons. The number of benzene rings is 2. The Labute approximate surface area is 193 Å². The van der Waals surface area contributed by atoms with Crippen molar-refractivity contribution in [3.8, 4) is 11.5 Å². The first-order valence-electron chi connectivity index (χ1n) is 11.0. The molecule has 8 heteroatoms. The van der Waals surface area contributed by atoms with Crippen LogP contribution in [-0.2, 0) is 22.5 Å². The lowest BCUT2D eigenvalue weighted by Gasteiger charge is -2.34. The van der Waals surface area contributed by atoms with Crippen LogP contribution in [0.2, 0.25) is 0 Å². The normalized spacial score (nSPS) is 18.2. The van der Waals surface area contributed by atoms with E-state index in [0.29, 0.717) is 34.9 Å². The largest absolute Gasteiger partial charge is 0.493 e. The molecule has 2 heterocycles. The van der Waals surface area contributed by atoms with Crippen LogP contribution in [0.15, 0.2) is 53.7 Å². The summed E-state index contributed by atoms with van der Waals surface area (Å²) in [4.78, 5) is 28.0. The standard InChI is InChI=1S/C25H29N3O5/c1-4-33-24(29)21-19(15-28-13-12-16-8-5-6-9-17(16)14-28)26-25(30)27-22(21)18-10-7-11-20(31-2)23(18)32-3/h5-11,22H,4,12-15H2,1-3H3,(H2,26,27,30). The Balaban J connectivity index is 1.74. The number of amides is 2. The van der Waals surface area contributed by atoms with E-state index in [1.54, 1.807) is 26.2 Å². The summed E-state index contributed by atoms with van der Waals surface area (Å²) in [5.74, 6) is 0.493. The van der Waals surface area contributed by atoms with Crippen LogP contribution in [0.25, 0.3) is 0 Å². The van der Waals surface area contributed by atoms with E-state index in [-0.39, 0.29) is 12.6 Å². The quantitative estimate of drug-likeness (QED) is 0.630. The van der Waals surface area contributed by atoms with E-state index in [1.807, 2.05) is 12.1 Å². The van der Waals surface area contributed by atoms with Gasteiger partial charge >= 0.3 is 12.0 Å². The maximum Gasteiger partial charge on any atom is 0.338 e. The molecule has 0 saturated carbocycles. The highest BCUT2D eigenvalue weighted by Crippen LogP contribution is 2.39. The van der Waals surface area contributed by atoms with Gasteiger partial charge in [0, 0.05) is 30.9 Å². The number of para-hydroxylation sites is 1. The maximum atomic E-state index is 13.1. The number of methoxy groups -OCH3 is 2. The SMILES string of the molecule is CCOC(=O)C1=C(CN2CCc3ccccc3C2)NC(=O)NC1c1cccc(OC)c1OC. The fourth-order valence-corrected chi connectivity index (χ4v) is 4.48. The minimum absolute atomic E-state index is 0.225. The van der Waals surface area contributed by atoms with Gasteiger partial charge in [-0.05, 0) is 30.5 Å². The number of esters is 1. The van der Waals surface area contributed by atoms with Gasteiger partial charge in [-0.3, -0.25) is 4.90 Å². The van der Waals surface area contributed by atoms with Crippen LogP contribution in [0.3, 0.4) is 0 Å². The van der Waals surface area contributed by atoms with E-state index in [1.165, 1.54) is 18.2 Å². The Morgan fingerprint density at radius 2 is 1.88 bits per heavy atom. The molecule has 4 rings (SSSR count). The second-order valence-electron chi connectivity index (χ2n) is 7.96. The molecule has 2 aromatic rings. The highest BCUT2D eigenvalue weighted by atomic mass is 16.5. The van der Waals surface area contributed by atoms with Gasteiger partial charge in [-0.1, -0.05) is 36.4 Å². The molecule has 0 bridgehead atoms. The minimum atomic E-state index is -0.741. The number of ether oxygens (including phenoxy) is 3. The van der Waals surface area contributed by atoms with Crippen molar-refractivity contribution in [1.82, 2.24) is 15.5 Å². The first-order chi connectivity index (χ1) is 16.0. The first kappa shape index (κ1) is 22.7. The Morgan fingerprint density at radius 1 is 1.09 bits per heavy atom. The lowest BCUT2D eigenvalue weighted by molar-refractivity contribution is -0.139. The average molecular weight is 452 g/mol. The van der Waals surface area contributed by atoms with Crippen molar-refractivity contribution in [2.45, 2.75) is 25.9 Å². The fourth-order valence-electron chi connectivity index (χ4n) is 4.48. The number of carbonyl (C=O) groups excluding carboxylic acids is 2. The molecule has 174 valence electrons. The molecule has 0 spiro atoms. The Morgan fingerprint density at radius 3 is 2.61 bits per heavy atom. The molecular weight excluding hydrogens is 422 g/mol. The van der Waals surface area contributed by atoms with Crippen molar-refractivity contribution in [2.75, 3.05) is 33.9 Å². The van der Waals surface area contributed by atoms with Crippen LogP contribution in [0.1, 0.15) is 29.7 Å². The second-order valence-corrected chi connectivity index (χ2v) is 7.96. The van der Waals surface area contributed by atoms with Crippen molar-refractivity contribution in [2.24, 2.45) is 0 Å². The van der Waals surface area contributed by atoms with Gasteiger partial charge in [-0.15, -0.1) is 0 Å². The van der Waals surface area contributed by atoms with Crippen molar-refractivity contribution >= 4 is 12.0 Å². The number of rotatable bonds is 7. The topological polar surface area (TPSA) is 89.1 Å². The molecule has 2 amide bonds. The van der Waals surface area contributed by atoms with Gasteiger partial charge in [0.25, 0.3) is 0 Å². The summed E-state index contributed by atoms with van der Waals surface area (Å²) in [6, 6.07) is 12.6. The van der Waals surface area contributed by atoms with Crippen LogP contribution in [0.5, 0.6) is 11.5 Å². The van der Waals surface area contributed by atoms with Gasteiger partial charge in [0.05, 0.1) is 32.4 Å². The lowest BCUT2D eigenvalue weighted by atomic mass is 9.93. The van der Waals surface area contributed by atoms with Crippen LogP contribution < -0.4 is 20.1 Å². The summed E-state index contributed by atoms with van der Waals surface area (Å²) in [6.45, 7) is 3.97. The summed E-state index contributed by atoms with van der Waals surface area (Å²) in [6.07, 6.45) is 0.914. The Bertz CT molecular complexity index is 1080. The van der Waals surface area contributed by atoms with E-state index in [4.69, 9.17) is 14.2 Å². The Hall–Kier alpha value is -3.52. The zero-order valence-electron chi connectivity index (χ0n) is 19.1. The molecule has 2 aliphatic rings. The van der Waals surface area contributed by atoms with E-state index < -0.39 is 12.0 Å². The van der Waals surface area contributed by atoms with Crippen LogP contribution in [0, 0.1) is 0 Å². The summed E-state index contributed by atoms with van der Waals surface area (Å²) in [7, 11) is 3.08. The smallest absolute Gasteiger partial charge is 0.338 e. The molecule has 0 saturated heterocycles. The molecule has 2 N–H and O–H groups in total. The third-order valence-electron chi connectivity index (χ3n) is 5.98. The van der Waals surface area contributed by atoms with Crippen LogP contribution >= 0.6 is 0 Å². The van der Waals surface area contributed by atoms with E-state index >= 15 is 0 Å². The molecule has 2 aromatic carbocycles. The number of hydrogen-bond acceptors (Lipinski definition) is 6. The molecule has 0 fully saturated rings. The third kappa shape index (κ3) is 4.66. The van der Waals surface area contributed by atoms with Crippen LogP contribution in [0.4, 0.5) is 4.79 Å². The van der Waals surface area contributed by atoms with Gasteiger partial charge in [-0.25, -0.2) is 9.59 Å². The number of urea groups is 1. The molecule has 8 nitrogen and oxygen atoms in total. The predicted octanol–water partition coefficient (Wildman–Crippen LogP) is 2.93. The van der Waals surface area contributed by atoms with Gasteiger partial charge in [0.2, 0.25) is 0 Å². The van der Waals surface area contributed by atoms with Crippen molar-refractivity contribution in [1.29, 1.82) is 0 Å². The maximum absolute atomic E-state index is 13.1. The summed E-state index contributed by atoms with van der Waals surface area (Å²) in [5, 5.41) is 5.73. The molecule has 33 heavy (non-hydrogen) atoms. The number of hydrogen-bond donors (Lipinski definition) is 2. The molecule has 1 atom stereocenters. The van der Waals surface area contributed by atoms with Gasteiger partial charge in [-0.2, -0.15) is 0 Å². The molecule has 0 aromatic heterocycles. The van der Waals surface area contributed by atoms with E-state index in [2.05, 4.69) is 33.7 Å². The highest BCUT2D eigenvalue weighted by Gasteiger charge is 2.36.